The molecule has 1 atom stereocenters. The minimum atomic E-state index is -3.53. The monoisotopic (exact) mass is 535 g/mol. The number of anilines is 1. The first-order chi connectivity index (χ1) is 16.7. The first-order valence-corrected chi connectivity index (χ1v) is 14.4. The van der Waals surface area contributed by atoms with E-state index in [1.807, 2.05) is 52.0 Å². The lowest BCUT2D eigenvalue weighted by Crippen LogP contribution is -2.52. The number of carbonyl (C=O) groups is 2. The van der Waals surface area contributed by atoms with Gasteiger partial charge in [0.2, 0.25) is 21.8 Å². The van der Waals surface area contributed by atoms with E-state index in [1.165, 1.54) is 9.21 Å². The van der Waals surface area contributed by atoms with Crippen LogP contribution in [-0.4, -0.2) is 49.5 Å². The van der Waals surface area contributed by atoms with E-state index in [2.05, 4.69) is 5.32 Å². The molecule has 0 unspecified atom stereocenters. The van der Waals surface area contributed by atoms with Crippen LogP contribution in [0.5, 0.6) is 0 Å². The van der Waals surface area contributed by atoms with Crippen LogP contribution in [0.4, 0.5) is 5.69 Å². The molecule has 2 aromatic rings. The number of amides is 2. The maximum atomic E-state index is 13.3. The third-order valence-electron chi connectivity index (χ3n) is 5.72. The Morgan fingerprint density at radius 1 is 1.00 bits per heavy atom. The molecule has 0 aromatic heterocycles. The molecule has 7 nitrogen and oxygen atoms in total. The molecule has 0 heterocycles. The second kappa shape index (κ2) is 12.6. The summed E-state index contributed by atoms with van der Waals surface area (Å²) in [6, 6.07) is 13.8. The highest BCUT2D eigenvalue weighted by Crippen LogP contribution is 2.20. The molecule has 1 N–H and O–H groups in total. The summed E-state index contributed by atoms with van der Waals surface area (Å²) in [5, 5.41) is 3.52. The van der Waals surface area contributed by atoms with Gasteiger partial charge in [0.05, 0.1) is 11.9 Å². The van der Waals surface area contributed by atoms with Crippen LogP contribution in [0.1, 0.15) is 58.6 Å². The van der Waals surface area contributed by atoms with Crippen molar-refractivity contribution in [2.75, 3.05) is 17.1 Å². The number of nitrogens with zero attached hydrogens (tertiary/aromatic N) is 2. The van der Waals surface area contributed by atoms with E-state index in [1.54, 1.807) is 31.2 Å². The van der Waals surface area contributed by atoms with Crippen molar-refractivity contribution < 1.29 is 18.0 Å². The zero-order valence-corrected chi connectivity index (χ0v) is 23.6. The first kappa shape index (κ1) is 29.6. The van der Waals surface area contributed by atoms with E-state index in [9.17, 15) is 18.0 Å². The summed E-state index contributed by atoms with van der Waals surface area (Å²) < 4.78 is 26.2. The van der Waals surface area contributed by atoms with Crippen LogP contribution in [0.2, 0.25) is 5.02 Å². The third kappa shape index (κ3) is 9.13. The summed E-state index contributed by atoms with van der Waals surface area (Å²) in [4.78, 5) is 27.7. The van der Waals surface area contributed by atoms with E-state index in [-0.39, 0.29) is 31.3 Å². The number of nitrogens with one attached hydrogen (secondary N) is 1. The molecule has 0 spiro atoms. The van der Waals surface area contributed by atoms with Crippen molar-refractivity contribution in [3.05, 3.63) is 64.7 Å². The fraction of sp³-hybridized carbons (Fsp3) is 0.481. The van der Waals surface area contributed by atoms with Crippen LogP contribution >= 0.6 is 11.6 Å². The van der Waals surface area contributed by atoms with Crippen molar-refractivity contribution in [1.82, 2.24) is 10.2 Å². The highest BCUT2D eigenvalue weighted by atomic mass is 35.5. The summed E-state index contributed by atoms with van der Waals surface area (Å²) in [5.74, 6) is -0.477. The fourth-order valence-corrected chi connectivity index (χ4v) is 4.84. The van der Waals surface area contributed by atoms with Gasteiger partial charge < -0.3 is 10.2 Å². The average molecular weight is 536 g/mol. The van der Waals surface area contributed by atoms with Crippen LogP contribution in [0.25, 0.3) is 0 Å². The molecule has 0 aliphatic rings. The summed E-state index contributed by atoms with van der Waals surface area (Å²) in [7, 11) is -3.53. The number of benzene rings is 2. The van der Waals surface area contributed by atoms with Gasteiger partial charge in [-0.1, -0.05) is 42.8 Å². The van der Waals surface area contributed by atoms with Crippen LogP contribution in [0, 0.1) is 0 Å². The maximum absolute atomic E-state index is 13.3. The molecule has 0 aliphatic carbocycles. The Labute approximate surface area is 220 Å². The fourth-order valence-electron chi connectivity index (χ4n) is 3.74. The number of aryl methyl sites for hydroxylation is 1. The average Bonchev–Trinajstić information content (AvgIpc) is 2.79. The molecule has 198 valence electrons. The Morgan fingerprint density at radius 3 is 2.06 bits per heavy atom. The smallest absolute Gasteiger partial charge is 0.242 e. The lowest BCUT2D eigenvalue weighted by atomic mass is 10.1. The predicted octanol–water partition coefficient (Wildman–Crippen LogP) is 4.78. The zero-order valence-electron chi connectivity index (χ0n) is 22.0. The van der Waals surface area contributed by atoms with E-state index in [4.69, 9.17) is 11.6 Å². The second-order valence-electron chi connectivity index (χ2n) is 10.0. The van der Waals surface area contributed by atoms with Gasteiger partial charge in [-0.25, -0.2) is 8.42 Å². The highest BCUT2D eigenvalue weighted by Gasteiger charge is 2.28. The van der Waals surface area contributed by atoms with Gasteiger partial charge in [0.25, 0.3) is 0 Å². The molecule has 0 saturated carbocycles. The van der Waals surface area contributed by atoms with Crippen LogP contribution < -0.4 is 9.62 Å². The van der Waals surface area contributed by atoms with Crippen LogP contribution in [0.15, 0.2) is 48.5 Å². The second-order valence-corrected chi connectivity index (χ2v) is 12.4. The van der Waals surface area contributed by atoms with Crippen LogP contribution in [0.3, 0.4) is 0 Å². The SMILES string of the molecule is CCc1ccc(N(CCCC(=O)N(Cc2ccc(Cl)cc2)[C@@H](C)C(=O)NC(C)(C)C)S(C)(=O)=O)cc1. The molecule has 36 heavy (non-hydrogen) atoms. The third-order valence-corrected chi connectivity index (χ3v) is 7.16. The maximum Gasteiger partial charge on any atom is 0.242 e. The number of sulfonamides is 1. The molecular weight excluding hydrogens is 498 g/mol. The molecule has 2 aromatic carbocycles. The molecule has 9 heteroatoms. The Hall–Kier alpha value is -2.58. The standard InChI is InChI=1S/C27H38ClN3O4S/c1-7-21-12-16-24(17-13-21)31(36(6,34)35)18-8-9-25(32)30(19-22-10-14-23(28)15-11-22)20(2)26(33)29-27(3,4)5/h10-17,20H,7-9,18-19H2,1-6H3,(H,29,33)/t20-/m0/s1. The Balaban J connectivity index is 2.17. The van der Waals surface area contributed by atoms with Crippen LogP contribution in [-0.2, 0) is 32.6 Å². The lowest BCUT2D eigenvalue weighted by Gasteiger charge is -2.32. The zero-order chi connectivity index (χ0) is 27.1. The van der Waals surface area contributed by atoms with Gasteiger partial charge in [0.1, 0.15) is 6.04 Å². The minimum Gasteiger partial charge on any atom is -0.350 e. The lowest BCUT2D eigenvalue weighted by molar-refractivity contribution is -0.141. The van der Waals surface area contributed by atoms with Crippen molar-refractivity contribution in [2.45, 2.75) is 72.0 Å². The van der Waals surface area contributed by atoms with E-state index >= 15 is 0 Å². The number of carbonyl (C=O) groups excluding carboxylic acids is 2. The molecule has 0 saturated heterocycles. The highest BCUT2D eigenvalue weighted by molar-refractivity contribution is 7.92. The predicted molar refractivity (Wildman–Crippen MR) is 147 cm³/mol. The topological polar surface area (TPSA) is 86.8 Å². The molecule has 0 fully saturated rings. The van der Waals surface area contributed by atoms with Gasteiger partial charge in [-0.3, -0.25) is 13.9 Å². The molecule has 2 rings (SSSR count). The minimum absolute atomic E-state index is 0.0970. The largest absolute Gasteiger partial charge is 0.350 e. The van der Waals surface area contributed by atoms with Gasteiger partial charge in [0, 0.05) is 30.1 Å². The number of hydrogen-bond donors (Lipinski definition) is 1. The van der Waals surface area contributed by atoms with Gasteiger partial charge in [-0.05, 0) is 75.9 Å². The normalized spacial score (nSPS) is 12.6. The quantitative estimate of drug-likeness (QED) is 0.448. The summed E-state index contributed by atoms with van der Waals surface area (Å²) in [6.07, 6.45) is 2.43. The van der Waals surface area contributed by atoms with Crippen molar-refractivity contribution in [3.8, 4) is 0 Å². The summed E-state index contributed by atoms with van der Waals surface area (Å²) in [6.45, 7) is 9.79. The molecular formula is C27H38ClN3O4S. The van der Waals surface area contributed by atoms with Gasteiger partial charge >= 0.3 is 0 Å². The van der Waals surface area contributed by atoms with Gasteiger partial charge in [0.15, 0.2) is 0 Å². The van der Waals surface area contributed by atoms with E-state index < -0.39 is 21.6 Å². The van der Waals surface area contributed by atoms with Gasteiger partial charge in [-0.2, -0.15) is 0 Å². The van der Waals surface area contributed by atoms with E-state index in [0.717, 1.165) is 23.8 Å². The first-order valence-electron chi connectivity index (χ1n) is 12.1. The Bertz CT molecular complexity index is 1130. The Kier molecular flexibility index (Phi) is 10.4. The van der Waals surface area contributed by atoms with Crippen molar-refractivity contribution in [1.29, 1.82) is 0 Å². The summed E-state index contributed by atoms with van der Waals surface area (Å²) >= 11 is 6.00. The van der Waals surface area contributed by atoms with Crippen molar-refractivity contribution in [3.63, 3.8) is 0 Å². The number of halogens is 1. The van der Waals surface area contributed by atoms with Crippen molar-refractivity contribution >= 4 is 39.1 Å². The van der Waals surface area contributed by atoms with Gasteiger partial charge in [-0.15, -0.1) is 0 Å². The Morgan fingerprint density at radius 2 is 1.56 bits per heavy atom. The van der Waals surface area contributed by atoms with E-state index in [0.29, 0.717) is 17.1 Å². The molecule has 0 bridgehead atoms. The molecule has 0 aliphatic heterocycles. The van der Waals surface area contributed by atoms with Crippen molar-refractivity contribution in [2.24, 2.45) is 0 Å². The number of hydrogen-bond acceptors (Lipinski definition) is 4. The summed E-state index contributed by atoms with van der Waals surface area (Å²) in [5.41, 5.74) is 2.08. The molecule has 0 radical (unpaired) electrons. The molecule has 2 amide bonds. The number of rotatable bonds is 11.